The van der Waals surface area contributed by atoms with E-state index in [-0.39, 0.29) is 22.9 Å². The van der Waals surface area contributed by atoms with Crippen LogP contribution in [0, 0.1) is 22.7 Å². The first-order valence-corrected chi connectivity index (χ1v) is 12.7. The van der Waals surface area contributed by atoms with Crippen LogP contribution in [0.25, 0.3) is 0 Å². The summed E-state index contributed by atoms with van der Waals surface area (Å²) in [5.74, 6) is 2.56. The van der Waals surface area contributed by atoms with Gasteiger partial charge >= 0.3 is 0 Å². The molecule has 1 aliphatic carbocycles. The molecule has 0 bridgehead atoms. The Bertz CT molecular complexity index is 1070. The van der Waals surface area contributed by atoms with E-state index in [1.54, 1.807) is 0 Å². The molecule has 4 atom stereocenters. The highest BCUT2D eigenvalue weighted by Crippen LogP contribution is 2.46. The van der Waals surface area contributed by atoms with E-state index in [0.29, 0.717) is 5.92 Å². The number of hydrogen-bond acceptors (Lipinski definition) is 4. The van der Waals surface area contributed by atoms with E-state index in [1.807, 2.05) is 0 Å². The Kier molecular flexibility index (Phi) is 6.71. The first-order valence-electron chi connectivity index (χ1n) is 12.7. The van der Waals surface area contributed by atoms with Gasteiger partial charge in [-0.15, -0.1) is 0 Å². The molecule has 3 aliphatic rings. The minimum Gasteiger partial charge on any atom is -0.305 e. The van der Waals surface area contributed by atoms with Gasteiger partial charge in [-0.1, -0.05) is 84.0 Å². The largest absolute Gasteiger partial charge is 0.305 e. The highest BCUT2D eigenvalue weighted by atomic mass is 15.5. The average Bonchev–Trinajstić information content (AvgIpc) is 3.02. The number of para-hydroxylation sites is 1. The van der Waals surface area contributed by atoms with Gasteiger partial charge in [0.15, 0.2) is 11.6 Å². The molecule has 1 aromatic rings. The van der Waals surface area contributed by atoms with Crippen LogP contribution in [-0.2, 0) is 0 Å². The fourth-order valence-corrected chi connectivity index (χ4v) is 4.74. The maximum Gasteiger partial charge on any atom is 0.178 e. The minimum atomic E-state index is -0.249. The topological polar surface area (TPSA) is 31.2 Å². The SMILES string of the molecule is CCC=CC(C)C1N(C2=CC=CCC2C)C2=C(N=CC(C)(C(C)(C)C)C=N2)N1c1ccccc1. The van der Waals surface area contributed by atoms with Gasteiger partial charge < -0.3 is 9.80 Å². The molecule has 34 heavy (non-hydrogen) atoms. The van der Waals surface area contributed by atoms with Gasteiger partial charge in [-0.05, 0) is 49.3 Å². The predicted octanol–water partition coefficient (Wildman–Crippen LogP) is 7.55. The summed E-state index contributed by atoms with van der Waals surface area (Å²) in [6, 6.07) is 10.7. The van der Waals surface area contributed by atoms with Crippen molar-refractivity contribution >= 4 is 18.1 Å². The normalized spacial score (nSPS) is 27.9. The molecule has 4 heteroatoms. The molecule has 0 saturated carbocycles. The van der Waals surface area contributed by atoms with Crippen LogP contribution in [0.15, 0.2) is 88.0 Å². The van der Waals surface area contributed by atoms with Crippen LogP contribution in [0.5, 0.6) is 0 Å². The van der Waals surface area contributed by atoms with Crippen molar-refractivity contribution in [3.63, 3.8) is 0 Å². The fraction of sp³-hybridized carbons (Fsp3) is 0.467. The molecule has 0 amide bonds. The van der Waals surface area contributed by atoms with E-state index in [9.17, 15) is 0 Å². The molecular weight excluding hydrogens is 416 g/mol. The lowest BCUT2D eigenvalue weighted by Crippen LogP contribution is -2.46. The van der Waals surface area contributed by atoms with Gasteiger partial charge in [0.25, 0.3) is 0 Å². The molecular formula is C30H40N4. The zero-order valence-corrected chi connectivity index (χ0v) is 21.9. The Labute approximate surface area is 206 Å². The quantitative estimate of drug-likeness (QED) is 0.428. The summed E-state index contributed by atoms with van der Waals surface area (Å²) >= 11 is 0. The molecule has 4 rings (SSSR count). The lowest BCUT2D eigenvalue weighted by atomic mass is 9.69. The van der Waals surface area contributed by atoms with Crippen molar-refractivity contribution in [2.24, 2.45) is 32.7 Å². The second kappa shape index (κ2) is 9.40. The first-order chi connectivity index (χ1) is 16.2. The highest BCUT2D eigenvalue weighted by Gasteiger charge is 2.46. The van der Waals surface area contributed by atoms with Crippen LogP contribution in [0.2, 0.25) is 0 Å². The molecule has 0 saturated heterocycles. The molecule has 0 radical (unpaired) electrons. The van der Waals surface area contributed by atoms with E-state index >= 15 is 0 Å². The van der Waals surface area contributed by atoms with Crippen LogP contribution in [0.1, 0.15) is 61.3 Å². The van der Waals surface area contributed by atoms with Crippen LogP contribution in [0.4, 0.5) is 5.69 Å². The lowest BCUT2D eigenvalue weighted by Gasteiger charge is -2.40. The van der Waals surface area contributed by atoms with Gasteiger partial charge in [-0.25, -0.2) is 9.98 Å². The van der Waals surface area contributed by atoms with Gasteiger partial charge in [0.05, 0.1) is 0 Å². The second-order valence-electron chi connectivity index (χ2n) is 11.0. The third-order valence-corrected chi connectivity index (χ3v) is 7.57. The molecule has 4 unspecified atom stereocenters. The first kappa shape index (κ1) is 24.3. The fourth-order valence-electron chi connectivity index (χ4n) is 4.74. The predicted molar refractivity (Wildman–Crippen MR) is 146 cm³/mol. The minimum absolute atomic E-state index is 0.00113. The van der Waals surface area contributed by atoms with Crippen LogP contribution in [0.3, 0.4) is 0 Å². The Hall–Kier alpha value is -2.88. The number of benzene rings is 1. The van der Waals surface area contributed by atoms with Crippen LogP contribution < -0.4 is 4.90 Å². The standard InChI is InChI=1S/C30H40N4/c1-8-9-15-23(3)28-33(24-17-11-10-12-18-24)26-27(34(28)25-19-14-13-16-22(25)2)32-21-30(7,20-31-26)29(4,5)6/h9-15,17-23,28H,8,16H2,1-7H3. The van der Waals surface area contributed by atoms with Crippen molar-refractivity contribution in [2.45, 2.75) is 67.5 Å². The van der Waals surface area contributed by atoms with Crippen molar-refractivity contribution in [1.82, 2.24) is 4.90 Å². The van der Waals surface area contributed by atoms with E-state index in [0.717, 1.165) is 30.2 Å². The van der Waals surface area contributed by atoms with Gasteiger partial charge in [-0.2, -0.15) is 0 Å². The third kappa shape index (κ3) is 4.31. The summed E-state index contributed by atoms with van der Waals surface area (Å²) in [6.45, 7) is 15.8. The van der Waals surface area contributed by atoms with Crippen LogP contribution in [-0.4, -0.2) is 23.5 Å². The molecule has 1 aromatic carbocycles. The smallest absolute Gasteiger partial charge is 0.178 e. The average molecular weight is 457 g/mol. The molecule has 0 fully saturated rings. The summed E-state index contributed by atoms with van der Waals surface area (Å²) in [4.78, 5) is 15.3. The maximum absolute atomic E-state index is 5.21. The van der Waals surface area contributed by atoms with Gasteiger partial charge in [0.2, 0.25) is 0 Å². The van der Waals surface area contributed by atoms with Gasteiger partial charge in [-0.3, -0.25) is 0 Å². The molecule has 0 aromatic heterocycles. The highest BCUT2D eigenvalue weighted by molar-refractivity contribution is 5.92. The lowest BCUT2D eigenvalue weighted by molar-refractivity contribution is 0.260. The van der Waals surface area contributed by atoms with E-state index in [1.165, 1.54) is 5.70 Å². The van der Waals surface area contributed by atoms with Crippen molar-refractivity contribution in [3.8, 4) is 0 Å². The van der Waals surface area contributed by atoms with Gasteiger partial charge in [0, 0.05) is 35.1 Å². The molecule has 2 heterocycles. The van der Waals surface area contributed by atoms with Crippen molar-refractivity contribution in [3.05, 3.63) is 78.1 Å². The summed E-state index contributed by atoms with van der Waals surface area (Å²) in [5, 5.41) is 0. The Balaban J connectivity index is 1.93. The van der Waals surface area contributed by atoms with E-state index in [4.69, 9.17) is 9.98 Å². The third-order valence-electron chi connectivity index (χ3n) is 7.57. The zero-order valence-electron chi connectivity index (χ0n) is 21.9. The van der Waals surface area contributed by atoms with Gasteiger partial charge in [0.1, 0.15) is 6.17 Å². The number of allylic oxidation sites excluding steroid dienone is 5. The monoisotopic (exact) mass is 456 g/mol. The molecule has 0 N–H and O–H groups in total. The zero-order chi connectivity index (χ0) is 24.5. The van der Waals surface area contributed by atoms with Crippen LogP contribution >= 0.6 is 0 Å². The molecule has 180 valence electrons. The number of anilines is 1. The van der Waals surface area contributed by atoms with Crippen molar-refractivity contribution < 1.29 is 0 Å². The van der Waals surface area contributed by atoms with Crippen molar-refractivity contribution in [2.75, 3.05) is 4.90 Å². The summed E-state index contributed by atoms with van der Waals surface area (Å²) in [6.07, 6.45) is 17.7. The maximum atomic E-state index is 5.21. The van der Waals surface area contributed by atoms with E-state index < -0.39 is 0 Å². The Morgan fingerprint density at radius 3 is 2.32 bits per heavy atom. The molecule has 2 aliphatic heterocycles. The number of nitrogens with zero attached hydrogens (tertiary/aromatic N) is 4. The molecule has 4 nitrogen and oxygen atoms in total. The molecule has 0 spiro atoms. The Morgan fingerprint density at radius 1 is 1.09 bits per heavy atom. The summed E-state index contributed by atoms with van der Waals surface area (Å²) in [7, 11) is 0. The number of hydrogen-bond donors (Lipinski definition) is 0. The second-order valence-corrected chi connectivity index (χ2v) is 11.0. The summed E-state index contributed by atoms with van der Waals surface area (Å²) < 4.78 is 0. The Morgan fingerprint density at radius 2 is 1.74 bits per heavy atom. The number of aliphatic imine (C=N–C) groups is 2. The van der Waals surface area contributed by atoms with Crippen molar-refractivity contribution in [1.29, 1.82) is 0 Å². The van der Waals surface area contributed by atoms with E-state index in [2.05, 4.69) is 131 Å². The summed E-state index contributed by atoms with van der Waals surface area (Å²) in [5.41, 5.74) is 2.20. The number of rotatable bonds is 5.